The Balaban J connectivity index is 1.84. The molecule has 3 aromatic carbocycles. The van der Waals surface area contributed by atoms with Gasteiger partial charge in [0.15, 0.2) is 0 Å². The maximum Gasteiger partial charge on any atom is 0.253 e. The second-order valence-corrected chi connectivity index (χ2v) is 7.68. The van der Waals surface area contributed by atoms with Gasteiger partial charge in [0.1, 0.15) is 6.04 Å². The third-order valence-corrected chi connectivity index (χ3v) is 5.28. The third-order valence-electron chi connectivity index (χ3n) is 4.74. The highest BCUT2D eigenvalue weighted by molar-refractivity contribution is 6.36. The van der Waals surface area contributed by atoms with E-state index in [4.69, 9.17) is 23.2 Å². The largest absolute Gasteiger partial charge is 0.340 e. The van der Waals surface area contributed by atoms with Crippen LogP contribution in [0.2, 0.25) is 10.0 Å². The van der Waals surface area contributed by atoms with Crippen LogP contribution in [0.3, 0.4) is 0 Å². The molecule has 2 amide bonds. The number of carbonyl (C=O) groups is 2. The molecule has 4 nitrogen and oxygen atoms in total. The van der Waals surface area contributed by atoms with Crippen molar-refractivity contribution in [1.82, 2.24) is 5.32 Å². The summed E-state index contributed by atoms with van der Waals surface area (Å²) < 4.78 is 0. The van der Waals surface area contributed by atoms with E-state index in [1.165, 1.54) is 6.07 Å². The molecule has 0 spiro atoms. The smallest absolute Gasteiger partial charge is 0.253 e. The number of anilines is 1. The van der Waals surface area contributed by atoms with Crippen LogP contribution < -0.4 is 10.6 Å². The molecule has 3 rings (SSSR count). The van der Waals surface area contributed by atoms with Crippen molar-refractivity contribution in [1.29, 1.82) is 0 Å². The number of para-hydroxylation sites is 1. The molecule has 0 unspecified atom stereocenters. The molecule has 0 radical (unpaired) electrons. The number of carbonyl (C=O) groups excluding carboxylic acids is 2. The number of amides is 2. The van der Waals surface area contributed by atoms with Crippen molar-refractivity contribution in [2.24, 2.45) is 0 Å². The van der Waals surface area contributed by atoms with Gasteiger partial charge in [-0.05, 0) is 41.8 Å². The SMILES string of the molecule is CCc1ccccc1NC(=O)[C@H](Cc1ccccc1)NC(=O)c1ccc(Cl)cc1Cl. The van der Waals surface area contributed by atoms with Crippen molar-refractivity contribution in [3.05, 3.63) is 99.5 Å². The van der Waals surface area contributed by atoms with Gasteiger partial charge in [-0.15, -0.1) is 0 Å². The molecule has 3 aromatic rings. The van der Waals surface area contributed by atoms with Crippen LogP contribution in [0.1, 0.15) is 28.4 Å². The Morgan fingerprint density at radius 1 is 0.933 bits per heavy atom. The van der Waals surface area contributed by atoms with E-state index in [0.29, 0.717) is 11.4 Å². The lowest BCUT2D eigenvalue weighted by Gasteiger charge is -2.20. The zero-order valence-corrected chi connectivity index (χ0v) is 18.0. The fourth-order valence-corrected chi connectivity index (χ4v) is 3.63. The summed E-state index contributed by atoms with van der Waals surface area (Å²) in [5.74, 6) is -0.727. The van der Waals surface area contributed by atoms with Crippen LogP contribution in [-0.2, 0) is 17.6 Å². The van der Waals surface area contributed by atoms with Crippen LogP contribution in [0, 0.1) is 0 Å². The van der Waals surface area contributed by atoms with Gasteiger partial charge in [0.25, 0.3) is 5.91 Å². The van der Waals surface area contributed by atoms with Crippen LogP contribution in [0.15, 0.2) is 72.8 Å². The monoisotopic (exact) mass is 440 g/mol. The average Bonchev–Trinajstić information content (AvgIpc) is 2.74. The van der Waals surface area contributed by atoms with Gasteiger partial charge in [0.05, 0.1) is 10.6 Å². The lowest BCUT2D eigenvalue weighted by atomic mass is 10.0. The minimum Gasteiger partial charge on any atom is -0.340 e. The zero-order chi connectivity index (χ0) is 21.5. The summed E-state index contributed by atoms with van der Waals surface area (Å²) in [7, 11) is 0. The van der Waals surface area contributed by atoms with Crippen LogP contribution in [-0.4, -0.2) is 17.9 Å². The first-order chi connectivity index (χ1) is 14.5. The van der Waals surface area contributed by atoms with E-state index in [2.05, 4.69) is 10.6 Å². The van der Waals surface area contributed by atoms with Crippen LogP contribution in [0.25, 0.3) is 0 Å². The van der Waals surface area contributed by atoms with Crippen LogP contribution in [0.4, 0.5) is 5.69 Å². The van der Waals surface area contributed by atoms with Gasteiger partial charge in [0.2, 0.25) is 5.91 Å². The average molecular weight is 441 g/mol. The standard InChI is InChI=1S/C24H22Cl2N2O2/c1-2-17-10-6-7-11-21(17)27-24(30)22(14-16-8-4-3-5-9-16)28-23(29)19-13-12-18(25)15-20(19)26/h3-13,15,22H,2,14H2,1H3,(H,27,30)(H,28,29)/t22-/m0/s1. The van der Waals surface area contributed by atoms with E-state index in [1.54, 1.807) is 12.1 Å². The molecule has 154 valence electrons. The normalized spacial score (nSPS) is 11.6. The molecule has 1 atom stereocenters. The van der Waals surface area contributed by atoms with E-state index in [1.807, 2.05) is 61.5 Å². The second kappa shape index (κ2) is 10.3. The molecule has 0 saturated heterocycles. The molecule has 0 aliphatic carbocycles. The van der Waals surface area contributed by atoms with Gasteiger partial charge in [-0.2, -0.15) is 0 Å². The first-order valence-corrected chi connectivity index (χ1v) is 10.4. The summed E-state index contributed by atoms with van der Waals surface area (Å²) in [4.78, 5) is 25.9. The number of aryl methyl sites for hydroxylation is 1. The Bertz CT molecular complexity index is 1040. The van der Waals surface area contributed by atoms with Gasteiger partial charge in [-0.1, -0.05) is 78.7 Å². The predicted molar refractivity (Wildman–Crippen MR) is 122 cm³/mol. The first-order valence-electron chi connectivity index (χ1n) is 9.66. The second-order valence-electron chi connectivity index (χ2n) is 6.84. The number of halogens is 2. The number of rotatable bonds is 7. The lowest BCUT2D eigenvalue weighted by molar-refractivity contribution is -0.118. The van der Waals surface area contributed by atoms with Crippen molar-refractivity contribution in [3.8, 4) is 0 Å². The number of hydrogen-bond acceptors (Lipinski definition) is 2. The van der Waals surface area contributed by atoms with Crippen molar-refractivity contribution >= 4 is 40.7 Å². The Morgan fingerprint density at radius 2 is 1.63 bits per heavy atom. The number of hydrogen-bond donors (Lipinski definition) is 2. The van der Waals surface area contributed by atoms with Crippen LogP contribution in [0.5, 0.6) is 0 Å². The molecule has 0 aliphatic rings. The summed E-state index contributed by atoms with van der Waals surface area (Å²) in [6, 6.07) is 21.0. The Kier molecular flexibility index (Phi) is 7.50. The zero-order valence-electron chi connectivity index (χ0n) is 16.5. The molecule has 0 saturated carbocycles. The fraction of sp³-hybridized carbons (Fsp3) is 0.167. The molecule has 0 heterocycles. The van der Waals surface area contributed by atoms with E-state index in [0.717, 1.165) is 23.2 Å². The molecular weight excluding hydrogens is 419 g/mol. The minimum atomic E-state index is -0.781. The Morgan fingerprint density at radius 3 is 2.33 bits per heavy atom. The molecule has 0 fully saturated rings. The minimum absolute atomic E-state index is 0.232. The van der Waals surface area contributed by atoms with Gasteiger partial charge in [0, 0.05) is 17.1 Å². The third kappa shape index (κ3) is 5.62. The molecule has 0 aromatic heterocycles. The highest BCUT2D eigenvalue weighted by Gasteiger charge is 2.23. The van der Waals surface area contributed by atoms with Crippen molar-refractivity contribution < 1.29 is 9.59 Å². The Labute approximate surface area is 186 Å². The first kappa shape index (κ1) is 21.9. The maximum absolute atomic E-state index is 13.1. The number of benzene rings is 3. The van der Waals surface area contributed by atoms with Crippen molar-refractivity contribution in [2.45, 2.75) is 25.8 Å². The van der Waals surface area contributed by atoms with Crippen molar-refractivity contribution in [2.75, 3.05) is 5.32 Å². The topological polar surface area (TPSA) is 58.2 Å². The van der Waals surface area contributed by atoms with Crippen molar-refractivity contribution in [3.63, 3.8) is 0 Å². The highest BCUT2D eigenvalue weighted by Crippen LogP contribution is 2.21. The van der Waals surface area contributed by atoms with Crippen LogP contribution >= 0.6 is 23.2 Å². The van der Waals surface area contributed by atoms with E-state index < -0.39 is 11.9 Å². The summed E-state index contributed by atoms with van der Waals surface area (Å²) in [6.45, 7) is 2.02. The lowest BCUT2D eigenvalue weighted by Crippen LogP contribution is -2.45. The van der Waals surface area contributed by atoms with Gasteiger partial charge < -0.3 is 10.6 Å². The van der Waals surface area contributed by atoms with Gasteiger partial charge in [-0.25, -0.2) is 0 Å². The number of nitrogens with one attached hydrogen (secondary N) is 2. The summed E-state index contributed by atoms with van der Waals surface area (Å²) >= 11 is 12.1. The van der Waals surface area contributed by atoms with Gasteiger partial charge >= 0.3 is 0 Å². The summed E-state index contributed by atoms with van der Waals surface area (Å²) in [5, 5.41) is 6.44. The fourth-order valence-electron chi connectivity index (χ4n) is 3.14. The molecule has 2 N–H and O–H groups in total. The van der Waals surface area contributed by atoms with E-state index in [9.17, 15) is 9.59 Å². The van der Waals surface area contributed by atoms with E-state index >= 15 is 0 Å². The summed E-state index contributed by atoms with van der Waals surface area (Å²) in [6.07, 6.45) is 1.13. The molecule has 6 heteroatoms. The predicted octanol–water partition coefficient (Wildman–Crippen LogP) is 5.54. The molecule has 0 aliphatic heterocycles. The quantitative estimate of drug-likeness (QED) is 0.506. The summed E-state index contributed by atoms with van der Waals surface area (Å²) in [5.41, 5.74) is 2.96. The Hall–Kier alpha value is -2.82. The van der Waals surface area contributed by atoms with Gasteiger partial charge in [-0.3, -0.25) is 9.59 Å². The highest BCUT2D eigenvalue weighted by atomic mass is 35.5. The van der Waals surface area contributed by atoms with E-state index in [-0.39, 0.29) is 16.5 Å². The molecule has 30 heavy (non-hydrogen) atoms. The maximum atomic E-state index is 13.1. The molecular formula is C24H22Cl2N2O2. The molecule has 0 bridgehead atoms.